The van der Waals surface area contributed by atoms with Crippen LogP contribution in [0, 0.1) is 6.92 Å². The maximum absolute atomic E-state index is 12.2. The van der Waals surface area contributed by atoms with Crippen LogP contribution in [-0.4, -0.2) is 18.2 Å². The Bertz CT molecular complexity index is 826. The number of rotatable bonds is 5. The van der Waals surface area contributed by atoms with E-state index in [2.05, 4.69) is 10.1 Å². The Balaban J connectivity index is 2.17. The molecule has 0 unspecified atom stereocenters. The molecule has 0 saturated carbocycles. The zero-order chi connectivity index (χ0) is 19.3. The van der Waals surface area contributed by atoms with Gasteiger partial charge in [-0.25, -0.2) is 0 Å². The van der Waals surface area contributed by atoms with E-state index < -0.39 is 23.9 Å². The van der Waals surface area contributed by atoms with Gasteiger partial charge in [0.15, 0.2) is 0 Å². The van der Waals surface area contributed by atoms with E-state index in [0.717, 1.165) is 17.7 Å². The van der Waals surface area contributed by atoms with E-state index in [-0.39, 0.29) is 5.70 Å². The first-order valence-corrected chi connectivity index (χ1v) is 7.39. The Morgan fingerprint density at radius 1 is 1.04 bits per heavy atom. The zero-order valence-corrected chi connectivity index (χ0v) is 13.6. The first-order chi connectivity index (χ1) is 12.1. The van der Waals surface area contributed by atoms with Gasteiger partial charge in [-0.3, -0.25) is 9.59 Å². The molecule has 2 aromatic rings. The number of benzene rings is 2. The van der Waals surface area contributed by atoms with Crippen LogP contribution >= 0.6 is 0 Å². The molecular weight excluding hydrogens is 349 g/mol. The number of carbonyl (C=O) groups is 2. The topological polar surface area (TPSA) is 81.4 Å². The number of carbonyl (C=O) groups excluding carboxylic acids is 2. The fourth-order valence-electron chi connectivity index (χ4n) is 2.00. The number of aryl methyl sites for hydroxylation is 1. The molecule has 26 heavy (non-hydrogen) atoms. The van der Waals surface area contributed by atoms with Gasteiger partial charge in [-0.1, -0.05) is 29.8 Å². The second-order valence-electron chi connectivity index (χ2n) is 5.36. The molecule has 0 spiro atoms. The van der Waals surface area contributed by atoms with Crippen molar-refractivity contribution in [1.82, 2.24) is 5.32 Å². The number of amides is 2. The van der Waals surface area contributed by atoms with Gasteiger partial charge >= 0.3 is 6.36 Å². The molecule has 2 aromatic carbocycles. The second-order valence-corrected chi connectivity index (χ2v) is 5.36. The molecule has 5 nitrogen and oxygen atoms in total. The maximum atomic E-state index is 12.2. The highest BCUT2D eigenvalue weighted by atomic mass is 19.4. The van der Waals surface area contributed by atoms with Crippen molar-refractivity contribution < 1.29 is 27.5 Å². The first kappa shape index (κ1) is 19.0. The highest BCUT2D eigenvalue weighted by molar-refractivity contribution is 6.04. The highest BCUT2D eigenvalue weighted by Gasteiger charge is 2.30. The predicted molar refractivity (Wildman–Crippen MR) is 88.9 cm³/mol. The maximum Gasteiger partial charge on any atom is 0.573 e. The molecule has 0 aromatic heterocycles. The largest absolute Gasteiger partial charge is 0.573 e. The monoisotopic (exact) mass is 364 g/mol. The average Bonchev–Trinajstić information content (AvgIpc) is 2.55. The summed E-state index contributed by atoms with van der Waals surface area (Å²) in [4.78, 5) is 23.7. The van der Waals surface area contributed by atoms with Crippen molar-refractivity contribution in [3.05, 3.63) is 70.9 Å². The summed E-state index contributed by atoms with van der Waals surface area (Å²) in [6.07, 6.45) is -3.54. The van der Waals surface area contributed by atoms with Crippen molar-refractivity contribution in [2.45, 2.75) is 13.3 Å². The van der Waals surface area contributed by atoms with E-state index in [1.54, 1.807) is 24.3 Å². The number of hydrogen-bond acceptors (Lipinski definition) is 3. The number of ether oxygens (including phenoxy) is 1. The van der Waals surface area contributed by atoms with Crippen molar-refractivity contribution in [2.24, 2.45) is 5.73 Å². The fourth-order valence-corrected chi connectivity index (χ4v) is 2.00. The summed E-state index contributed by atoms with van der Waals surface area (Å²) in [5.41, 5.74) is 6.71. The van der Waals surface area contributed by atoms with Gasteiger partial charge in [0.1, 0.15) is 11.4 Å². The van der Waals surface area contributed by atoms with Crippen LogP contribution in [0.4, 0.5) is 13.2 Å². The van der Waals surface area contributed by atoms with Crippen LogP contribution in [-0.2, 0) is 4.79 Å². The Morgan fingerprint density at radius 3 is 2.12 bits per heavy atom. The lowest BCUT2D eigenvalue weighted by atomic mass is 10.1. The van der Waals surface area contributed by atoms with Crippen molar-refractivity contribution in [3.63, 3.8) is 0 Å². The smallest absolute Gasteiger partial charge is 0.406 e. The minimum absolute atomic E-state index is 0.194. The molecule has 0 saturated heterocycles. The lowest BCUT2D eigenvalue weighted by Gasteiger charge is -2.09. The van der Waals surface area contributed by atoms with Crippen molar-refractivity contribution >= 4 is 17.9 Å². The third-order valence-electron chi connectivity index (χ3n) is 3.25. The third-order valence-corrected chi connectivity index (χ3v) is 3.25. The summed E-state index contributed by atoms with van der Waals surface area (Å²) in [7, 11) is 0. The van der Waals surface area contributed by atoms with Crippen LogP contribution in [0.3, 0.4) is 0 Å². The predicted octanol–water partition coefficient (Wildman–Crippen LogP) is 3.15. The van der Waals surface area contributed by atoms with Crippen molar-refractivity contribution in [1.29, 1.82) is 0 Å². The molecule has 0 bridgehead atoms. The fraction of sp³-hybridized carbons (Fsp3) is 0.111. The van der Waals surface area contributed by atoms with E-state index in [9.17, 15) is 22.8 Å². The highest BCUT2D eigenvalue weighted by Crippen LogP contribution is 2.23. The summed E-state index contributed by atoms with van der Waals surface area (Å²) >= 11 is 0. The quantitative estimate of drug-likeness (QED) is 0.800. The molecule has 0 aliphatic rings. The molecule has 3 N–H and O–H groups in total. The number of primary amides is 1. The molecular formula is C18H15F3N2O3. The number of alkyl halides is 3. The molecule has 0 aliphatic carbocycles. The average molecular weight is 364 g/mol. The summed E-state index contributed by atoms with van der Waals surface area (Å²) in [5, 5.41) is 2.39. The molecule has 0 radical (unpaired) electrons. The van der Waals surface area contributed by atoms with Crippen molar-refractivity contribution in [3.8, 4) is 5.75 Å². The minimum atomic E-state index is -4.79. The third kappa shape index (κ3) is 5.66. The summed E-state index contributed by atoms with van der Waals surface area (Å²) < 4.78 is 40.2. The Labute approximate surface area is 147 Å². The van der Waals surface area contributed by atoms with E-state index in [0.29, 0.717) is 11.1 Å². The summed E-state index contributed by atoms with van der Waals surface area (Å²) in [6.45, 7) is 1.86. The summed E-state index contributed by atoms with van der Waals surface area (Å²) in [5.74, 6) is -1.83. The Kier molecular flexibility index (Phi) is 5.66. The van der Waals surface area contributed by atoms with Crippen LogP contribution in [0.15, 0.2) is 54.2 Å². The van der Waals surface area contributed by atoms with Gasteiger partial charge in [-0.15, -0.1) is 13.2 Å². The first-order valence-electron chi connectivity index (χ1n) is 7.39. The van der Waals surface area contributed by atoms with Crippen LogP contribution in [0.5, 0.6) is 5.75 Å². The number of halogens is 3. The van der Waals surface area contributed by atoms with Crippen molar-refractivity contribution in [2.75, 3.05) is 0 Å². The van der Waals surface area contributed by atoms with Crippen LogP contribution < -0.4 is 15.8 Å². The van der Waals surface area contributed by atoms with E-state index >= 15 is 0 Å². The van der Waals surface area contributed by atoms with Gasteiger partial charge in [-0.05, 0) is 42.8 Å². The lowest BCUT2D eigenvalue weighted by Crippen LogP contribution is -2.31. The standard InChI is InChI=1S/C18H15F3N2O3/c1-11-2-6-13(7-3-11)17(25)23-15(16(22)24)10-12-4-8-14(9-5-12)26-18(19,20)21/h2-10H,1H3,(H2,22,24)(H,23,25)/b15-10+. The second kappa shape index (κ2) is 7.73. The molecule has 136 valence electrons. The molecule has 2 rings (SSSR count). The molecule has 0 heterocycles. The lowest BCUT2D eigenvalue weighted by molar-refractivity contribution is -0.274. The van der Waals surface area contributed by atoms with Gasteiger partial charge in [0.2, 0.25) is 0 Å². The van der Waals surface area contributed by atoms with Gasteiger partial charge < -0.3 is 15.8 Å². The van der Waals surface area contributed by atoms with Gasteiger partial charge in [0.05, 0.1) is 0 Å². The van der Waals surface area contributed by atoms with Crippen LogP contribution in [0.1, 0.15) is 21.5 Å². The summed E-state index contributed by atoms with van der Waals surface area (Å²) in [6, 6.07) is 11.4. The van der Waals surface area contributed by atoms with E-state index in [1.165, 1.54) is 18.2 Å². The zero-order valence-electron chi connectivity index (χ0n) is 13.6. The van der Waals surface area contributed by atoms with Gasteiger partial charge in [0, 0.05) is 5.56 Å². The minimum Gasteiger partial charge on any atom is -0.406 e. The molecule has 0 aliphatic heterocycles. The van der Waals surface area contributed by atoms with Crippen LogP contribution in [0.25, 0.3) is 6.08 Å². The molecule has 2 amide bonds. The number of nitrogens with two attached hydrogens (primary N) is 1. The van der Waals surface area contributed by atoms with E-state index in [4.69, 9.17) is 5.73 Å². The Hall–Kier alpha value is -3.29. The Morgan fingerprint density at radius 2 is 1.62 bits per heavy atom. The normalized spacial score (nSPS) is 11.8. The number of hydrogen-bond donors (Lipinski definition) is 2. The molecule has 8 heteroatoms. The molecule has 0 fully saturated rings. The molecule has 0 atom stereocenters. The van der Waals surface area contributed by atoms with E-state index in [1.807, 2.05) is 6.92 Å². The van der Waals surface area contributed by atoms with Gasteiger partial charge in [-0.2, -0.15) is 0 Å². The van der Waals surface area contributed by atoms with Crippen LogP contribution in [0.2, 0.25) is 0 Å². The van der Waals surface area contributed by atoms with Gasteiger partial charge in [0.25, 0.3) is 11.8 Å². The number of nitrogens with one attached hydrogen (secondary N) is 1. The SMILES string of the molecule is Cc1ccc(C(=O)N/C(=C/c2ccc(OC(F)(F)F)cc2)C(N)=O)cc1.